The lowest BCUT2D eigenvalue weighted by Gasteiger charge is -1.94. The van der Waals surface area contributed by atoms with Crippen molar-refractivity contribution in [3.8, 4) is 11.4 Å². The minimum absolute atomic E-state index is 0.0958. The molecular formula is C9H6N4O4. The van der Waals surface area contributed by atoms with Crippen LogP contribution in [0.1, 0.15) is 0 Å². The maximum Gasteiger partial charge on any atom is 0.340 e. The van der Waals surface area contributed by atoms with Gasteiger partial charge in [0.05, 0.1) is 4.92 Å². The minimum Gasteiger partial charge on any atom is -0.358 e. The van der Waals surface area contributed by atoms with Gasteiger partial charge in [-0.2, -0.15) is 0 Å². The third-order valence-electron chi connectivity index (χ3n) is 2.09. The molecule has 1 N–H and O–H groups in total. The highest BCUT2D eigenvalue weighted by molar-refractivity contribution is 5.60. The SMILES string of the molecule is O=[N+]([O-])c1cccc(-c2ncc([N+](=O)[O-])[nH]2)c1. The van der Waals surface area contributed by atoms with E-state index in [0.29, 0.717) is 5.56 Å². The lowest BCUT2D eigenvalue weighted by Crippen LogP contribution is -1.89. The van der Waals surface area contributed by atoms with E-state index in [1.54, 1.807) is 6.07 Å². The molecule has 1 heterocycles. The van der Waals surface area contributed by atoms with E-state index in [9.17, 15) is 20.2 Å². The summed E-state index contributed by atoms with van der Waals surface area (Å²) >= 11 is 0. The summed E-state index contributed by atoms with van der Waals surface area (Å²) in [6, 6.07) is 5.70. The Morgan fingerprint density at radius 2 is 1.94 bits per heavy atom. The Balaban J connectivity index is 2.42. The average molecular weight is 234 g/mol. The molecule has 2 aromatic rings. The molecule has 1 aromatic heterocycles. The second kappa shape index (κ2) is 4.00. The number of rotatable bonds is 3. The molecule has 1 aromatic carbocycles. The molecule has 0 atom stereocenters. The molecule has 0 saturated carbocycles. The number of H-pyrrole nitrogens is 1. The van der Waals surface area contributed by atoms with Gasteiger partial charge in [0.15, 0.2) is 0 Å². The van der Waals surface area contributed by atoms with Crippen LogP contribution in [-0.4, -0.2) is 19.8 Å². The van der Waals surface area contributed by atoms with Crippen molar-refractivity contribution in [2.75, 3.05) is 0 Å². The maximum absolute atomic E-state index is 10.6. The molecule has 86 valence electrons. The Bertz CT molecular complexity index is 592. The van der Waals surface area contributed by atoms with Crippen LogP contribution in [0.5, 0.6) is 0 Å². The van der Waals surface area contributed by atoms with Gasteiger partial charge >= 0.3 is 5.82 Å². The number of hydrogen-bond acceptors (Lipinski definition) is 5. The van der Waals surface area contributed by atoms with Gasteiger partial charge < -0.3 is 10.1 Å². The third-order valence-corrected chi connectivity index (χ3v) is 2.09. The van der Waals surface area contributed by atoms with Gasteiger partial charge in [0, 0.05) is 17.7 Å². The third kappa shape index (κ3) is 2.09. The van der Waals surface area contributed by atoms with Crippen molar-refractivity contribution >= 4 is 11.5 Å². The molecule has 0 spiro atoms. The smallest absolute Gasteiger partial charge is 0.340 e. The van der Waals surface area contributed by atoms with Gasteiger partial charge in [0.1, 0.15) is 6.20 Å². The average Bonchev–Trinajstić information content (AvgIpc) is 2.78. The van der Waals surface area contributed by atoms with Gasteiger partial charge in [-0.3, -0.25) is 10.1 Å². The summed E-state index contributed by atoms with van der Waals surface area (Å²) in [7, 11) is 0. The topological polar surface area (TPSA) is 115 Å². The molecule has 0 amide bonds. The van der Waals surface area contributed by atoms with E-state index in [2.05, 4.69) is 9.97 Å². The highest BCUT2D eigenvalue weighted by atomic mass is 16.6. The van der Waals surface area contributed by atoms with Crippen LogP contribution in [0.25, 0.3) is 11.4 Å². The molecule has 2 rings (SSSR count). The molecular weight excluding hydrogens is 228 g/mol. The summed E-state index contributed by atoms with van der Waals surface area (Å²) in [5, 5.41) is 21.0. The van der Waals surface area contributed by atoms with E-state index in [1.165, 1.54) is 18.2 Å². The molecule has 0 radical (unpaired) electrons. The Morgan fingerprint density at radius 1 is 1.18 bits per heavy atom. The summed E-state index contributed by atoms with van der Waals surface area (Å²) in [5.41, 5.74) is 0.328. The second-order valence-electron chi connectivity index (χ2n) is 3.18. The first-order valence-corrected chi connectivity index (χ1v) is 4.52. The maximum atomic E-state index is 10.6. The molecule has 8 heteroatoms. The molecule has 0 unspecified atom stereocenters. The van der Waals surface area contributed by atoms with E-state index in [1.807, 2.05) is 0 Å². The highest BCUT2D eigenvalue weighted by Crippen LogP contribution is 2.22. The number of benzene rings is 1. The van der Waals surface area contributed by atoms with Crippen LogP contribution in [0, 0.1) is 20.2 Å². The summed E-state index contributed by atoms with van der Waals surface area (Å²) < 4.78 is 0. The number of aromatic amines is 1. The number of hydrogen-bond donors (Lipinski definition) is 1. The zero-order chi connectivity index (χ0) is 12.4. The summed E-state index contributed by atoms with van der Waals surface area (Å²) in [6.07, 6.45) is 1.06. The van der Waals surface area contributed by atoms with Gasteiger partial charge in [0.2, 0.25) is 5.82 Å². The molecule has 0 aliphatic carbocycles. The number of aromatic nitrogens is 2. The first-order chi connectivity index (χ1) is 8.08. The number of imidazole rings is 1. The van der Waals surface area contributed by atoms with E-state index in [0.717, 1.165) is 6.20 Å². The highest BCUT2D eigenvalue weighted by Gasteiger charge is 2.14. The molecule has 0 aliphatic rings. The summed E-state index contributed by atoms with van der Waals surface area (Å²) in [5.74, 6) is -0.0353. The fourth-order valence-corrected chi connectivity index (χ4v) is 1.32. The first kappa shape index (κ1) is 10.7. The largest absolute Gasteiger partial charge is 0.358 e. The van der Waals surface area contributed by atoms with Crippen molar-refractivity contribution in [1.82, 2.24) is 9.97 Å². The van der Waals surface area contributed by atoms with E-state index < -0.39 is 9.85 Å². The van der Waals surface area contributed by atoms with Crippen molar-refractivity contribution in [2.45, 2.75) is 0 Å². The lowest BCUT2D eigenvalue weighted by atomic mass is 10.2. The van der Waals surface area contributed by atoms with Crippen LogP contribution >= 0.6 is 0 Å². The lowest BCUT2D eigenvalue weighted by molar-refractivity contribution is -0.389. The molecule has 17 heavy (non-hydrogen) atoms. The second-order valence-corrected chi connectivity index (χ2v) is 3.18. The Kier molecular flexibility index (Phi) is 2.53. The quantitative estimate of drug-likeness (QED) is 0.643. The molecule has 0 saturated heterocycles. The molecule has 8 nitrogen and oxygen atoms in total. The Hall–Kier alpha value is -2.77. The van der Waals surface area contributed by atoms with Crippen LogP contribution in [0.3, 0.4) is 0 Å². The fourth-order valence-electron chi connectivity index (χ4n) is 1.32. The predicted molar refractivity (Wildman–Crippen MR) is 57.3 cm³/mol. The normalized spacial score (nSPS) is 10.1. The van der Waals surface area contributed by atoms with E-state index >= 15 is 0 Å². The van der Waals surface area contributed by atoms with Crippen molar-refractivity contribution in [3.05, 3.63) is 50.7 Å². The Labute approximate surface area is 94.2 Å². The predicted octanol–water partition coefficient (Wildman–Crippen LogP) is 1.89. The summed E-state index contributed by atoms with van der Waals surface area (Å²) in [4.78, 5) is 26.1. The van der Waals surface area contributed by atoms with Gasteiger partial charge in [-0.05, 0) is 11.0 Å². The van der Waals surface area contributed by atoms with Crippen molar-refractivity contribution in [1.29, 1.82) is 0 Å². The first-order valence-electron chi connectivity index (χ1n) is 4.52. The van der Waals surface area contributed by atoms with Crippen LogP contribution in [0.2, 0.25) is 0 Å². The van der Waals surface area contributed by atoms with Gasteiger partial charge in [-0.25, -0.2) is 9.97 Å². The van der Waals surface area contributed by atoms with Crippen LogP contribution in [-0.2, 0) is 0 Å². The molecule has 0 fully saturated rings. The Morgan fingerprint density at radius 3 is 2.53 bits per heavy atom. The van der Waals surface area contributed by atoms with E-state index in [4.69, 9.17) is 0 Å². The molecule has 0 bridgehead atoms. The number of nitro benzene ring substituents is 1. The number of nitrogens with zero attached hydrogens (tertiary/aromatic N) is 3. The monoisotopic (exact) mass is 234 g/mol. The number of nitrogens with one attached hydrogen (secondary N) is 1. The zero-order valence-corrected chi connectivity index (χ0v) is 8.36. The van der Waals surface area contributed by atoms with Crippen LogP contribution in [0.15, 0.2) is 30.5 Å². The fraction of sp³-hybridized carbons (Fsp3) is 0. The minimum atomic E-state index is -0.617. The van der Waals surface area contributed by atoms with Crippen molar-refractivity contribution < 1.29 is 9.85 Å². The van der Waals surface area contributed by atoms with E-state index in [-0.39, 0.29) is 17.3 Å². The van der Waals surface area contributed by atoms with Crippen molar-refractivity contribution in [2.24, 2.45) is 0 Å². The molecule has 0 aliphatic heterocycles. The standard InChI is InChI=1S/C9H6N4O4/c14-12(15)7-3-1-2-6(4-7)9-10-5-8(11-9)13(16)17/h1-5H,(H,10,11). The van der Waals surface area contributed by atoms with Crippen molar-refractivity contribution in [3.63, 3.8) is 0 Å². The van der Waals surface area contributed by atoms with Gasteiger partial charge in [-0.1, -0.05) is 6.07 Å². The summed E-state index contributed by atoms with van der Waals surface area (Å²) in [6.45, 7) is 0. The number of non-ortho nitro benzene ring substituents is 1. The van der Waals surface area contributed by atoms with Gasteiger partial charge in [-0.15, -0.1) is 0 Å². The number of nitro groups is 2. The van der Waals surface area contributed by atoms with Gasteiger partial charge in [0.25, 0.3) is 5.69 Å². The van der Waals surface area contributed by atoms with Crippen LogP contribution < -0.4 is 0 Å². The zero-order valence-electron chi connectivity index (χ0n) is 8.36. The van der Waals surface area contributed by atoms with Crippen LogP contribution in [0.4, 0.5) is 11.5 Å².